The van der Waals surface area contributed by atoms with E-state index in [9.17, 15) is 57.8 Å². The van der Waals surface area contributed by atoms with Crippen LogP contribution >= 0.6 is 0 Å². The lowest BCUT2D eigenvalue weighted by Gasteiger charge is -2.33. The average molecular weight is 931 g/mol. The number of anilines is 1. The maximum Gasteiger partial charge on any atom is 0.317 e. The van der Waals surface area contributed by atoms with Crippen LogP contribution in [-0.2, 0) is 41.7 Å². The summed E-state index contributed by atoms with van der Waals surface area (Å²) in [5, 5.41) is 39.5. The van der Waals surface area contributed by atoms with Crippen molar-refractivity contribution in [1.29, 1.82) is 5.26 Å². The number of benzene rings is 2. The number of hydrogen-bond acceptors (Lipinski definition) is 12. The number of carboxylic acid groups (broad SMARTS) is 2. The van der Waals surface area contributed by atoms with Crippen molar-refractivity contribution in [3.8, 4) is 6.07 Å². The molecule has 3 aromatic rings. The highest BCUT2D eigenvalue weighted by Crippen LogP contribution is 2.32. The molecule has 3 aliphatic rings. The molecule has 6 rings (SSSR count). The molecule has 358 valence electrons. The minimum absolute atomic E-state index is 0.109. The summed E-state index contributed by atoms with van der Waals surface area (Å²) >= 11 is 0. The number of pyridine rings is 1. The van der Waals surface area contributed by atoms with E-state index in [0.717, 1.165) is 28.9 Å². The van der Waals surface area contributed by atoms with Crippen LogP contribution in [0.25, 0.3) is 10.9 Å². The fourth-order valence-corrected chi connectivity index (χ4v) is 8.72. The molecular weight excluding hydrogens is 875 g/mol. The Morgan fingerprint density at radius 1 is 0.761 bits per heavy atom. The Morgan fingerprint density at radius 2 is 1.34 bits per heavy atom. The number of carbonyl (C=O) groups excluding carboxylic acids is 5. The van der Waals surface area contributed by atoms with E-state index in [1.54, 1.807) is 24.3 Å². The molecule has 2 aliphatic heterocycles. The van der Waals surface area contributed by atoms with Gasteiger partial charge in [-0.25, -0.2) is 8.78 Å². The third-order valence-electron chi connectivity index (χ3n) is 12.2. The van der Waals surface area contributed by atoms with Gasteiger partial charge in [-0.3, -0.25) is 53.2 Å². The Balaban J connectivity index is 0.958. The van der Waals surface area contributed by atoms with Crippen LogP contribution in [0.4, 0.5) is 14.5 Å². The van der Waals surface area contributed by atoms with Crippen LogP contribution in [0.5, 0.6) is 0 Å². The van der Waals surface area contributed by atoms with Crippen molar-refractivity contribution in [3.63, 3.8) is 0 Å². The molecule has 6 N–H and O–H groups in total. The van der Waals surface area contributed by atoms with Gasteiger partial charge in [0.25, 0.3) is 11.8 Å². The van der Waals surface area contributed by atoms with E-state index in [1.165, 1.54) is 12.3 Å². The quantitative estimate of drug-likeness (QED) is 0.113. The first-order valence-corrected chi connectivity index (χ1v) is 22.4. The molecule has 3 atom stereocenters. The van der Waals surface area contributed by atoms with Crippen LogP contribution in [0.1, 0.15) is 66.4 Å². The minimum atomic E-state index is -3.20. The van der Waals surface area contributed by atoms with E-state index in [4.69, 9.17) is 0 Å². The fourth-order valence-electron chi connectivity index (χ4n) is 8.72. The Labute approximate surface area is 385 Å². The first-order chi connectivity index (χ1) is 32.0. The number of amides is 5. The van der Waals surface area contributed by atoms with Gasteiger partial charge in [-0.15, -0.1) is 0 Å². The average Bonchev–Trinajstić information content (AvgIpc) is 3.65. The summed E-state index contributed by atoms with van der Waals surface area (Å²) in [6, 6.07) is 13.6. The molecule has 0 radical (unpaired) electrons. The lowest BCUT2D eigenvalue weighted by Crippen LogP contribution is -2.53. The van der Waals surface area contributed by atoms with Gasteiger partial charge in [0.2, 0.25) is 23.6 Å². The van der Waals surface area contributed by atoms with Crippen molar-refractivity contribution >= 4 is 58.1 Å². The summed E-state index contributed by atoms with van der Waals surface area (Å²) in [5.74, 6) is -7.63. The van der Waals surface area contributed by atoms with Gasteiger partial charge in [0.1, 0.15) is 6.04 Å². The molecule has 3 heterocycles. The van der Waals surface area contributed by atoms with Gasteiger partial charge in [0.15, 0.2) is 0 Å². The Hall–Kier alpha value is -6.63. The maximum atomic E-state index is 13.8. The summed E-state index contributed by atoms with van der Waals surface area (Å²) in [6.07, 6.45) is 3.43. The summed E-state index contributed by atoms with van der Waals surface area (Å²) in [7, 11) is 0. The zero-order chi connectivity index (χ0) is 48.1. The number of nitrogens with zero attached hydrogens (tertiary/aromatic N) is 6. The molecule has 0 spiro atoms. The van der Waals surface area contributed by atoms with Crippen molar-refractivity contribution in [2.24, 2.45) is 0 Å². The molecule has 3 fully saturated rings. The number of fused-ring (bicyclic) bond motifs is 1. The largest absolute Gasteiger partial charge is 0.480 e. The van der Waals surface area contributed by atoms with Crippen molar-refractivity contribution < 1.29 is 52.6 Å². The number of rotatable bonds is 17. The van der Waals surface area contributed by atoms with Gasteiger partial charge < -0.3 is 36.4 Å². The maximum absolute atomic E-state index is 13.8. The fraction of sp³-hybridized carbons (Fsp3) is 0.500. The highest BCUT2D eigenvalue weighted by molar-refractivity contribution is 6.10. The third kappa shape index (κ3) is 14.7. The van der Waals surface area contributed by atoms with Crippen LogP contribution in [0.3, 0.4) is 0 Å². The zero-order valence-electron chi connectivity index (χ0n) is 37.1. The van der Waals surface area contributed by atoms with Gasteiger partial charge in [-0.05, 0) is 36.1 Å². The molecule has 1 saturated carbocycles. The molecule has 21 heteroatoms. The highest BCUT2D eigenvalue weighted by Gasteiger charge is 2.47. The predicted octanol–water partition coefficient (Wildman–Crippen LogP) is 1.82. The van der Waals surface area contributed by atoms with E-state index >= 15 is 0 Å². The Morgan fingerprint density at radius 3 is 1.96 bits per heavy atom. The first-order valence-electron chi connectivity index (χ1n) is 22.4. The Bertz CT molecular complexity index is 2320. The molecule has 19 nitrogen and oxygen atoms in total. The molecule has 67 heavy (non-hydrogen) atoms. The lowest BCUT2D eigenvalue weighted by atomic mass is 9.90. The monoisotopic (exact) mass is 930 g/mol. The van der Waals surface area contributed by atoms with Crippen LogP contribution in [0.15, 0.2) is 54.7 Å². The van der Waals surface area contributed by atoms with Crippen molar-refractivity contribution in [2.75, 3.05) is 70.8 Å². The van der Waals surface area contributed by atoms with Gasteiger partial charge in [0.05, 0.1) is 55.4 Å². The van der Waals surface area contributed by atoms with E-state index in [2.05, 4.69) is 31.2 Å². The summed E-state index contributed by atoms with van der Waals surface area (Å²) in [5.41, 5.74) is 2.43. The van der Waals surface area contributed by atoms with Crippen molar-refractivity contribution in [3.05, 3.63) is 71.4 Å². The van der Waals surface area contributed by atoms with Crippen molar-refractivity contribution in [2.45, 2.75) is 82.0 Å². The lowest BCUT2D eigenvalue weighted by molar-refractivity contribution is -0.140. The predicted molar refractivity (Wildman–Crippen MR) is 239 cm³/mol. The van der Waals surface area contributed by atoms with Gasteiger partial charge in [-0.2, -0.15) is 5.26 Å². The van der Waals surface area contributed by atoms with Crippen LogP contribution in [0.2, 0.25) is 0 Å². The second kappa shape index (κ2) is 23.2. The molecule has 2 unspecified atom stereocenters. The second-order valence-corrected chi connectivity index (χ2v) is 17.3. The number of nitrogens with one attached hydrogen (secondary N) is 4. The smallest absolute Gasteiger partial charge is 0.317 e. The van der Waals surface area contributed by atoms with Crippen molar-refractivity contribution in [1.82, 2.24) is 40.5 Å². The first kappa shape index (κ1) is 49.8. The number of carboxylic acids is 2. The van der Waals surface area contributed by atoms with Crippen LogP contribution in [-0.4, -0.2) is 166 Å². The number of halogens is 2. The highest BCUT2D eigenvalue weighted by atomic mass is 19.3. The zero-order valence-corrected chi connectivity index (χ0v) is 37.1. The van der Waals surface area contributed by atoms with E-state index in [0.29, 0.717) is 64.0 Å². The summed E-state index contributed by atoms with van der Waals surface area (Å²) < 4.78 is 27.7. The summed E-state index contributed by atoms with van der Waals surface area (Å²) in [4.78, 5) is 98.9. The van der Waals surface area contributed by atoms with E-state index in [1.807, 2.05) is 34.1 Å². The molecule has 2 saturated heterocycles. The number of alkyl halides is 2. The number of para-hydroxylation sites is 1. The number of aliphatic carboxylic acids is 2. The van der Waals surface area contributed by atoms with Gasteiger partial charge in [0, 0.05) is 88.7 Å². The molecule has 1 aliphatic carbocycles. The van der Waals surface area contributed by atoms with E-state index < -0.39 is 61.1 Å². The normalized spacial score (nSPS) is 20.4. The molecule has 5 amide bonds. The van der Waals surface area contributed by atoms with Crippen LogP contribution < -0.4 is 21.3 Å². The van der Waals surface area contributed by atoms with Gasteiger partial charge >= 0.3 is 11.9 Å². The molecule has 0 bridgehead atoms. The molecule has 1 aromatic heterocycles. The van der Waals surface area contributed by atoms with Crippen LogP contribution in [0, 0.1) is 11.3 Å². The summed E-state index contributed by atoms with van der Waals surface area (Å²) in [6.45, 7) is 1.97. The second-order valence-electron chi connectivity index (χ2n) is 17.3. The Kier molecular flexibility index (Phi) is 17.2. The van der Waals surface area contributed by atoms with Gasteiger partial charge in [-0.1, -0.05) is 49.2 Å². The number of hydrogen-bond donors (Lipinski definition) is 6. The standard InChI is InChI=1S/C46H56F2N10O9/c47-46(48)23-32(24-49)58(29-46)41(62)25-51-45(67)34-14-15-50-44-33(34)4-3-7-37(44)54-39(60)13-12-38(59)52-35-5-1-2-6-36(35)53-40(61)22-30-8-10-31(11-9-30)26-55-16-18-56(27-42(63)64)20-21-57(19-17-55)28-43(65)66/h3-4,7-11,14-15,32,35-36H,1-2,5-6,12-13,16-23,25-29H2,(H,51,67)(H,52,59)(H,53,61)(H,54,60)(H,63,64)(H,65,66)/t32-,35?,36?/m0/s1. The molecular formula is C46H56F2N10O9. The van der Waals surface area contributed by atoms with E-state index in [-0.39, 0.29) is 73.0 Å². The third-order valence-corrected chi connectivity index (χ3v) is 12.2. The number of nitriles is 1. The number of carbonyl (C=O) groups is 7. The number of likely N-dealkylation sites (tertiary alicyclic amines) is 1. The SMILES string of the molecule is N#C[C@@H]1CC(F)(F)CN1C(=O)CNC(=O)c1ccnc2c(NC(=O)CCC(=O)NC3CCCCC3NC(=O)Cc3ccc(CN4CCN(CC(=O)O)CCN(CC(=O)O)CC4)cc3)cccc12. The topological polar surface area (TPSA) is 258 Å². The minimum Gasteiger partial charge on any atom is -0.480 e. The molecule has 2 aromatic carbocycles. The number of aromatic nitrogens is 1.